The van der Waals surface area contributed by atoms with Crippen molar-refractivity contribution in [3.05, 3.63) is 80.1 Å². The van der Waals surface area contributed by atoms with Crippen LogP contribution >= 0.6 is 11.6 Å². The summed E-state index contributed by atoms with van der Waals surface area (Å²) in [4.78, 5) is 24.1. The summed E-state index contributed by atoms with van der Waals surface area (Å²) in [5.41, 5.74) is -0.0720. The number of aliphatic hydroxyl groups excluding tert-OH is 1. The summed E-state index contributed by atoms with van der Waals surface area (Å²) >= 11 is 5.80. The average molecular weight is 420 g/mol. The second-order valence-electron chi connectivity index (χ2n) is 7.28. The van der Waals surface area contributed by atoms with E-state index in [1.54, 1.807) is 10.6 Å². The van der Waals surface area contributed by atoms with E-state index in [0.717, 1.165) is 0 Å². The third kappa shape index (κ3) is 3.95. The Hall–Kier alpha value is -2.57. The van der Waals surface area contributed by atoms with Crippen LogP contribution in [-0.2, 0) is 6.42 Å². The molecule has 2 aromatic carbocycles. The molecular formula is C22H20ClF2NO3. The first-order valence-corrected chi connectivity index (χ1v) is 9.52. The minimum Gasteiger partial charge on any atom is -0.394 e. The second-order valence-corrected chi connectivity index (χ2v) is 7.69. The molecule has 0 spiro atoms. The standard InChI is InChI=1S/C22H20ClF2NO3/c1-12(2)20(11-28)26-9-15(10-27)22(29)16-7-14(18(24)8-19(16)26)6-13-4-3-5-17(23)21(13)25/h3-5,7-10,12,20,28H,6,11H2,1-2H3/t20-/m0/s1. The molecule has 1 heterocycles. The van der Waals surface area contributed by atoms with Gasteiger partial charge in [-0.25, -0.2) is 8.78 Å². The fraction of sp³-hybridized carbons (Fsp3) is 0.273. The van der Waals surface area contributed by atoms with Crippen molar-refractivity contribution in [1.29, 1.82) is 0 Å². The SMILES string of the molecule is CC(C)[C@H](CO)n1cc(C=O)c(=O)c2cc(Cc3cccc(Cl)c3F)c(F)cc21. The largest absolute Gasteiger partial charge is 0.394 e. The Kier molecular flexibility index (Phi) is 6.15. The van der Waals surface area contributed by atoms with Crippen molar-refractivity contribution in [1.82, 2.24) is 4.57 Å². The van der Waals surface area contributed by atoms with Gasteiger partial charge in [0, 0.05) is 18.0 Å². The van der Waals surface area contributed by atoms with Gasteiger partial charge < -0.3 is 9.67 Å². The molecule has 0 saturated heterocycles. The number of hydrogen-bond acceptors (Lipinski definition) is 3. The molecule has 0 fully saturated rings. The van der Waals surface area contributed by atoms with Crippen molar-refractivity contribution in [2.75, 3.05) is 6.61 Å². The minimum absolute atomic E-state index is 0.0338. The van der Waals surface area contributed by atoms with Crippen molar-refractivity contribution in [2.45, 2.75) is 26.3 Å². The zero-order valence-corrected chi connectivity index (χ0v) is 16.7. The number of nitrogens with zero attached hydrogens (tertiary/aromatic N) is 1. The molecule has 0 amide bonds. The molecule has 152 valence electrons. The Bertz CT molecular complexity index is 1140. The molecule has 3 aromatic rings. The highest BCUT2D eigenvalue weighted by molar-refractivity contribution is 6.30. The highest BCUT2D eigenvalue weighted by atomic mass is 35.5. The van der Waals surface area contributed by atoms with Gasteiger partial charge in [0.1, 0.15) is 11.6 Å². The van der Waals surface area contributed by atoms with E-state index in [9.17, 15) is 23.5 Å². The van der Waals surface area contributed by atoms with E-state index in [-0.39, 0.29) is 51.6 Å². The Morgan fingerprint density at radius 1 is 1.21 bits per heavy atom. The first kappa shape index (κ1) is 21.1. The number of carbonyl (C=O) groups is 1. The Labute approximate surface area is 171 Å². The lowest BCUT2D eigenvalue weighted by Crippen LogP contribution is -2.24. The number of fused-ring (bicyclic) bond motifs is 1. The Balaban J connectivity index is 2.25. The first-order chi connectivity index (χ1) is 13.8. The molecular weight excluding hydrogens is 400 g/mol. The highest BCUT2D eigenvalue weighted by Crippen LogP contribution is 2.27. The summed E-state index contributed by atoms with van der Waals surface area (Å²) < 4.78 is 30.7. The van der Waals surface area contributed by atoms with E-state index in [4.69, 9.17) is 11.6 Å². The summed E-state index contributed by atoms with van der Waals surface area (Å²) in [5, 5.41) is 9.84. The molecule has 7 heteroatoms. The molecule has 0 aliphatic heterocycles. The molecule has 0 unspecified atom stereocenters. The van der Waals surface area contributed by atoms with E-state index in [1.807, 2.05) is 13.8 Å². The molecule has 3 rings (SSSR count). The maximum absolute atomic E-state index is 14.9. The van der Waals surface area contributed by atoms with Gasteiger partial charge in [-0.15, -0.1) is 0 Å². The summed E-state index contributed by atoms with van der Waals surface area (Å²) in [7, 11) is 0. The van der Waals surface area contributed by atoms with Gasteiger partial charge in [-0.2, -0.15) is 0 Å². The first-order valence-electron chi connectivity index (χ1n) is 9.14. The predicted octanol–water partition coefficient (Wildman–Crippen LogP) is 4.53. The minimum atomic E-state index is -0.645. The molecule has 1 atom stereocenters. The Morgan fingerprint density at radius 3 is 2.55 bits per heavy atom. The summed E-state index contributed by atoms with van der Waals surface area (Å²) in [6.07, 6.45) is 1.67. The number of halogens is 3. The van der Waals surface area contributed by atoms with Crippen LogP contribution in [0, 0.1) is 17.6 Å². The fourth-order valence-electron chi connectivity index (χ4n) is 3.44. The summed E-state index contributed by atoms with van der Waals surface area (Å²) in [5.74, 6) is -1.30. The molecule has 0 aliphatic rings. The molecule has 0 radical (unpaired) electrons. The molecule has 1 N–H and O–H groups in total. The van der Waals surface area contributed by atoms with Crippen LogP contribution in [0.4, 0.5) is 8.78 Å². The molecule has 0 bridgehead atoms. The van der Waals surface area contributed by atoms with Crippen LogP contribution in [0.15, 0.2) is 41.3 Å². The van der Waals surface area contributed by atoms with E-state index in [2.05, 4.69) is 0 Å². The number of benzene rings is 2. The van der Waals surface area contributed by atoms with Crippen LogP contribution in [0.1, 0.15) is 41.4 Å². The lowest BCUT2D eigenvalue weighted by Gasteiger charge is -2.25. The average Bonchev–Trinajstić information content (AvgIpc) is 2.68. The maximum Gasteiger partial charge on any atom is 0.199 e. The summed E-state index contributed by atoms with van der Waals surface area (Å²) in [6, 6.07) is 6.52. The number of carbonyl (C=O) groups excluding carboxylic acids is 1. The predicted molar refractivity (Wildman–Crippen MR) is 109 cm³/mol. The maximum atomic E-state index is 14.9. The third-order valence-corrected chi connectivity index (χ3v) is 5.37. The van der Waals surface area contributed by atoms with Gasteiger partial charge >= 0.3 is 0 Å². The quantitative estimate of drug-likeness (QED) is 0.597. The third-order valence-electron chi connectivity index (χ3n) is 5.08. The number of aliphatic hydroxyl groups is 1. The van der Waals surface area contributed by atoms with Crippen LogP contribution in [0.5, 0.6) is 0 Å². The number of rotatable bonds is 6. The lowest BCUT2D eigenvalue weighted by molar-refractivity contribution is 0.112. The van der Waals surface area contributed by atoms with Crippen molar-refractivity contribution < 1.29 is 18.7 Å². The van der Waals surface area contributed by atoms with Gasteiger partial charge in [0.15, 0.2) is 11.7 Å². The number of aromatic nitrogens is 1. The molecule has 29 heavy (non-hydrogen) atoms. The van der Waals surface area contributed by atoms with E-state index >= 15 is 0 Å². The number of pyridine rings is 1. The van der Waals surface area contributed by atoms with Crippen LogP contribution in [0.25, 0.3) is 10.9 Å². The van der Waals surface area contributed by atoms with Gasteiger partial charge in [0.2, 0.25) is 0 Å². The number of aldehydes is 1. The van der Waals surface area contributed by atoms with Crippen molar-refractivity contribution in [3.8, 4) is 0 Å². The van der Waals surface area contributed by atoms with Gasteiger partial charge in [-0.3, -0.25) is 9.59 Å². The number of hydrogen-bond donors (Lipinski definition) is 1. The van der Waals surface area contributed by atoms with Crippen molar-refractivity contribution >= 4 is 28.8 Å². The zero-order chi connectivity index (χ0) is 21.3. The van der Waals surface area contributed by atoms with Gasteiger partial charge in [0.05, 0.1) is 28.8 Å². The van der Waals surface area contributed by atoms with Crippen molar-refractivity contribution in [2.24, 2.45) is 5.92 Å². The summed E-state index contributed by atoms with van der Waals surface area (Å²) in [6.45, 7) is 3.50. The van der Waals surface area contributed by atoms with Crippen LogP contribution in [0.2, 0.25) is 5.02 Å². The molecule has 0 saturated carbocycles. The van der Waals surface area contributed by atoms with Crippen LogP contribution < -0.4 is 5.43 Å². The second kappa shape index (κ2) is 8.43. The zero-order valence-electron chi connectivity index (χ0n) is 16.0. The molecule has 1 aromatic heterocycles. The Morgan fingerprint density at radius 2 is 1.93 bits per heavy atom. The highest BCUT2D eigenvalue weighted by Gasteiger charge is 2.20. The molecule has 0 aliphatic carbocycles. The topological polar surface area (TPSA) is 59.3 Å². The van der Waals surface area contributed by atoms with E-state index < -0.39 is 23.1 Å². The smallest absolute Gasteiger partial charge is 0.199 e. The monoisotopic (exact) mass is 419 g/mol. The van der Waals surface area contributed by atoms with Gasteiger partial charge in [0.25, 0.3) is 0 Å². The normalized spacial score (nSPS) is 12.5. The van der Waals surface area contributed by atoms with Gasteiger partial charge in [-0.05, 0) is 35.2 Å². The van der Waals surface area contributed by atoms with Gasteiger partial charge in [-0.1, -0.05) is 37.6 Å². The van der Waals surface area contributed by atoms with Crippen LogP contribution in [-0.4, -0.2) is 22.6 Å². The van der Waals surface area contributed by atoms with E-state index in [1.165, 1.54) is 30.5 Å². The fourth-order valence-corrected chi connectivity index (χ4v) is 3.63. The lowest BCUT2D eigenvalue weighted by atomic mass is 9.99. The van der Waals surface area contributed by atoms with Crippen LogP contribution in [0.3, 0.4) is 0 Å². The molecule has 4 nitrogen and oxygen atoms in total. The van der Waals surface area contributed by atoms with Crippen molar-refractivity contribution in [3.63, 3.8) is 0 Å². The van der Waals surface area contributed by atoms with E-state index in [0.29, 0.717) is 6.29 Å².